The van der Waals surface area contributed by atoms with Crippen LogP contribution in [0.1, 0.15) is 45.0 Å². The molecule has 1 fully saturated rings. The Bertz CT molecular complexity index is 643. The van der Waals surface area contributed by atoms with Crippen LogP contribution in [0.25, 0.3) is 0 Å². The van der Waals surface area contributed by atoms with E-state index >= 15 is 0 Å². The van der Waals surface area contributed by atoms with E-state index in [1.54, 1.807) is 13.8 Å². The van der Waals surface area contributed by atoms with Crippen LogP contribution in [-0.2, 0) is 16.0 Å². The van der Waals surface area contributed by atoms with E-state index in [0.29, 0.717) is 12.8 Å². The topological polar surface area (TPSA) is 104 Å². The summed E-state index contributed by atoms with van der Waals surface area (Å²) in [5.41, 5.74) is 5.98. The van der Waals surface area contributed by atoms with Crippen molar-refractivity contribution in [1.82, 2.24) is 20.2 Å². The molecular formula is C12H20F3N5O2S. The van der Waals surface area contributed by atoms with Crippen molar-refractivity contribution in [2.75, 3.05) is 5.75 Å². The molecule has 0 saturated heterocycles. The number of hydrogen-bond acceptors (Lipinski definition) is 6. The Kier molecular flexibility index (Phi) is 5.00. The van der Waals surface area contributed by atoms with Gasteiger partial charge in [0.25, 0.3) is 5.82 Å². The van der Waals surface area contributed by atoms with Crippen LogP contribution in [0.4, 0.5) is 13.2 Å². The van der Waals surface area contributed by atoms with Crippen LogP contribution in [-0.4, -0.2) is 45.7 Å². The van der Waals surface area contributed by atoms with Crippen molar-refractivity contribution in [1.29, 1.82) is 0 Å². The zero-order valence-electron chi connectivity index (χ0n) is 12.9. The number of hydrogen-bond donors (Lipinski definition) is 1. The first kappa shape index (κ1) is 18.1. The van der Waals surface area contributed by atoms with Crippen LogP contribution in [0, 0.1) is 5.92 Å². The molecule has 0 radical (unpaired) electrons. The van der Waals surface area contributed by atoms with Gasteiger partial charge in [-0.2, -0.15) is 13.2 Å². The molecule has 11 heteroatoms. The average Bonchev–Trinajstić information content (AvgIpc) is 2.90. The molecule has 3 atom stereocenters. The molecular weight excluding hydrogens is 335 g/mol. The lowest BCUT2D eigenvalue weighted by Crippen LogP contribution is -2.42. The van der Waals surface area contributed by atoms with Gasteiger partial charge < -0.3 is 5.73 Å². The minimum atomic E-state index is -4.65. The lowest BCUT2D eigenvalue weighted by Gasteiger charge is -2.34. The van der Waals surface area contributed by atoms with Gasteiger partial charge in [0.15, 0.2) is 9.84 Å². The lowest BCUT2D eigenvalue weighted by molar-refractivity contribution is -0.149. The Labute approximate surface area is 132 Å². The first-order valence-corrected chi connectivity index (χ1v) is 9.06. The zero-order valence-corrected chi connectivity index (χ0v) is 13.7. The van der Waals surface area contributed by atoms with Gasteiger partial charge in [0, 0.05) is 6.04 Å². The summed E-state index contributed by atoms with van der Waals surface area (Å²) >= 11 is 0. The molecule has 1 aromatic rings. The van der Waals surface area contributed by atoms with E-state index in [-0.39, 0.29) is 18.2 Å². The number of nitrogens with two attached hydrogens (primary N) is 1. The molecule has 2 rings (SSSR count). The molecule has 7 nitrogen and oxygen atoms in total. The SMILES string of the molecule is CC(C)S(=O)(=O)C[C@@H]1C[C@H](n2nnnc2C(F)(F)F)CC[C@@H]1N. The summed E-state index contributed by atoms with van der Waals surface area (Å²) in [5, 5.41) is 9.04. The number of nitrogens with zero attached hydrogens (tertiary/aromatic N) is 4. The van der Waals surface area contributed by atoms with Crippen molar-refractivity contribution in [3.05, 3.63) is 5.82 Å². The number of tetrazole rings is 1. The summed E-state index contributed by atoms with van der Waals surface area (Å²) in [6.45, 7) is 3.15. The third-order valence-corrected chi connectivity index (χ3v) is 6.60. The summed E-state index contributed by atoms with van der Waals surface area (Å²) in [7, 11) is -3.32. The highest BCUT2D eigenvalue weighted by Gasteiger charge is 2.42. The number of sulfone groups is 1. The van der Waals surface area contributed by atoms with Crippen molar-refractivity contribution >= 4 is 9.84 Å². The van der Waals surface area contributed by atoms with E-state index in [4.69, 9.17) is 5.73 Å². The number of halogens is 3. The smallest absolute Gasteiger partial charge is 0.327 e. The highest BCUT2D eigenvalue weighted by molar-refractivity contribution is 7.91. The molecule has 0 unspecified atom stereocenters. The molecule has 0 aromatic carbocycles. The Morgan fingerprint density at radius 2 is 2.00 bits per heavy atom. The highest BCUT2D eigenvalue weighted by atomic mass is 32.2. The van der Waals surface area contributed by atoms with Gasteiger partial charge in [-0.15, -0.1) is 5.10 Å². The van der Waals surface area contributed by atoms with Crippen molar-refractivity contribution in [2.45, 2.75) is 56.6 Å². The quantitative estimate of drug-likeness (QED) is 0.870. The molecule has 0 spiro atoms. The zero-order chi connectivity index (χ0) is 17.4. The summed E-state index contributed by atoms with van der Waals surface area (Å²) in [5.74, 6) is -1.71. The summed E-state index contributed by atoms with van der Waals surface area (Å²) in [4.78, 5) is 0. The van der Waals surface area contributed by atoms with Crippen molar-refractivity contribution in [2.24, 2.45) is 11.7 Å². The van der Waals surface area contributed by atoms with Gasteiger partial charge in [-0.3, -0.25) is 0 Å². The maximum Gasteiger partial charge on any atom is 0.453 e. The highest BCUT2D eigenvalue weighted by Crippen LogP contribution is 2.36. The summed E-state index contributed by atoms with van der Waals surface area (Å²) in [6, 6.07) is -0.959. The van der Waals surface area contributed by atoms with Crippen LogP contribution in [0.3, 0.4) is 0 Å². The standard InChI is InChI=1S/C12H20F3N5O2S/c1-7(2)23(21,22)6-8-5-9(3-4-10(8)16)20-11(12(13,14)15)17-18-19-20/h7-10H,3-6,16H2,1-2H3/t8-,9+,10-/m0/s1. The van der Waals surface area contributed by atoms with Crippen LogP contribution in [0.15, 0.2) is 0 Å². The summed E-state index contributed by atoms with van der Waals surface area (Å²) < 4.78 is 63.6. The lowest BCUT2D eigenvalue weighted by atomic mass is 9.83. The first-order valence-electron chi connectivity index (χ1n) is 7.34. The van der Waals surface area contributed by atoms with Gasteiger partial charge >= 0.3 is 6.18 Å². The number of aromatic nitrogens is 4. The maximum absolute atomic E-state index is 12.9. The largest absolute Gasteiger partial charge is 0.453 e. The van der Waals surface area contributed by atoms with Gasteiger partial charge in [0.1, 0.15) is 0 Å². The van der Waals surface area contributed by atoms with Crippen molar-refractivity contribution in [3.63, 3.8) is 0 Å². The van der Waals surface area contributed by atoms with Crippen LogP contribution < -0.4 is 5.73 Å². The Balaban J connectivity index is 2.20. The third-order valence-electron chi connectivity index (χ3n) is 4.27. The van der Waals surface area contributed by atoms with E-state index in [2.05, 4.69) is 15.5 Å². The molecule has 2 N–H and O–H groups in total. The third kappa shape index (κ3) is 4.00. The molecule has 0 amide bonds. The Morgan fingerprint density at radius 3 is 2.57 bits per heavy atom. The van der Waals surface area contributed by atoms with Crippen LogP contribution in [0.2, 0.25) is 0 Å². The van der Waals surface area contributed by atoms with E-state index in [0.717, 1.165) is 4.68 Å². The minimum absolute atomic E-state index is 0.133. The average molecular weight is 355 g/mol. The van der Waals surface area contributed by atoms with Crippen molar-refractivity contribution in [3.8, 4) is 0 Å². The fraction of sp³-hybridized carbons (Fsp3) is 0.917. The van der Waals surface area contributed by atoms with Gasteiger partial charge in [-0.1, -0.05) is 0 Å². The fourth-order valence-corrected chi connectivity index (χ4v) is 4.16. The molecule has 132 valence electrons. The van der Waals surface area contributed by atoms with Gasteiger partial charge in [-0.25, -0.2) is 13.1 Å². The molecule has 1 saturated carbocycles. The molecule has 0 aliphatic heterocycles. The molecule has 1 aromatic heterocycles. The monoisotopic (exact) mass is 355 g/mol. The van der Waals surface area contributed by atoms with Crippen LogP contribution >= 0.6 is 0 Å². The normalized spacial score (nSPS) is 26.7. The minimum Gasteiger partial charge on any atom is -0.327 e. The van der Waals surface area contributed by atoms with Gasteiger partial charge in [0.2, 0.25) is 0 Å². The van der Waals surface area contributed by atoms with E-state index in [1.165, 1.54) is 0 Å². The second kappa shape index (κ2) is 6.34. The van der Waals surface area contributed by atoms with Gasteiger partial charge in [0.05, 0.1) is 17.0 Å². The molecule has 1 heterocycles. The second-order valence-electron chi connectivity index (χ2n) is 6.21. The first-order chi connectivity index (χ1) is 10.5. The molecule has 1 aliphatic carbocycles. The predicted octanol–water partition coefficient (Wildman–Crippen LogP) is 1.18. The number of rotatable bonds is 4. The van der Waals surface area contributed by atoms with Crippen molar-refractivity contribution < 1.29 is 21.6 Å². The summed E-state index contributed by atoms with van der Waals surface area (Å²) in [6.07, 6.45) is -3.63. The van der Waals surface area contributed by atoms with Crippen LogP contribution in [0.5, 0.6) is 0 Å². The number of alkyl halides is 3. The fourth-order valence-electron chi connectivity index (χ4n) is 2.79. The molecule has 1 aliphatic rings. The van der Waals surface area contributed by atoms with E-state index in [9.17, 15) is 21.6 Å². The maximum atomic E-state index is 12.9. The second-order valence-corrected chi connectivity index (χ2v) is 8.82. The predicted molar refractivity (Wildman–Crippen MR) is 76.1 cm³/mol. The van der Waals surface area contributed by atoms with Gasteiger partial charge in [-0.05, 0) is 49.5 Å². The van der Waals surface area contributed by atoms with E-state index < -0.39 is 39.0 Å². The van der Waals surface area contributed by atoms with E-state index in [1.807, 2.05) is 0 Å². The molecule has 23 heavy (non-hydrogen) atoms. The Hall–Kier alpha value is -1.23. The Morgan fingerprint density at radius 1 is 1.35 bits per heavy atom. The molecule has 0 bridgehead atoms.